The minimum atomic E-state index is -4.55. The second-order valence-electron chi connectivity index (χ2n) is 5.77. The molecule has 142 valence electrons. The van der Waals surface area contributed by atoms with E-state index < -0.39 is 11.7 Å². The van der Waals surface area contributed by atoms with Gasteiger partial charge in [0.25, 0.3) is 0 Å². The quantitative estimate of drug-likeness (QED) is 0.588. The lowest BCUT2D eigenvalue weighted by Gasteiger charge is -2.16. The van der Waals surface area contributed by atoms with E-state index in [1.807, 2.05) is 30.3 Å². The zero-order valence-corrected chi connectivity index (χ0v) is 15.6. The molecule has 0 bridgehead atoms. The fraction of sp³-hybridized carbons (Fsp3) is 0.235. The number of hydrogen-bond donors (Lipinski definition) is 0. The predicted molar refractivity (Wildman–Crippen MR) is 96.6 cm³/mol. The lowest BCUT2D eigenvalue weighted by molar-refractivity contribution is -0.138. The fourth-order valence-electron chi connectivity index (χ4n) is 2.37. The number of thioether (sulfide) groups is 1. The Kier molecular flexibility index (Phi) is 5.61. The Labute approximate surface area is 162 Å². The van der Waals surface area contributed by atoms with Crippen molar-refractivity contribution in [1.29, 1.82) is 0 Å². The van der Waals surface area contributed by atoms with E-state index in [0.29, 0.717) is 6.54 Å². The van der Waals surface area contributed by atoms with Gasteiger partial charge in [-0.2, -0.15) is 13.2 Å². The van der Waals surface area contributed by atoms with Gasteiger partial charge in [-0.15, -0.1) is 10.2 Å². The van der Waals surface area contributed by atoms with Crippen LogP contribution in [0, 0.1) is 0 Å². The largest absolute Gasteiger partial charge is 0.417 e. The summed E-state index contributed by atoms with van der Waals surface area (Å²) in [5.41, 5.74) is 0.180. The summed E-state index contributed by atoms with van der Waals surface area (Å²) in [5, 5.41) is 7.66. The van der Waals surface area contributed by atoms with E-state index >= 15 is 0 Å². The number of halogens is 4. The lowest BCUT2D eigenvalue weighted by Crippen LogP contribution is -2.27. The van der Waals surface area contributed by atoms with Crippen LogP contribution in [-0.2, 0) is 17.5 Å². The summed E-state index contributed by atoms with van der Waals surface area (Å²) in [4.78, 5) is 13.9. The normalized spacial score (nSPS) is 11.7. The topological polar surface area (TPSA) is 50.5 Å². The molecule has 3 rings (SSSR count). The zero-order chi connectivity index (χ0) is 19.6. The zero-order valence-electron chi connectivity index (χ0n) is 14.1. The fourth-order valence-corrected chi connectivity index (χ4v) is 3.47. The average molecular weight is 415 g/mol. The van der Waals surface area contributed by atoms with Crippen LogP contribution in [0.4, 0.5) is 13.2 Å². The molecule has 5 nitrogen and oxygen atoms in total. The van der Waals surface area contributed by atoms with Gasteiger partial charge in [0.15, 0.2) is 10.8 Å². The molecule has 0 saturated carbocycles. The number of carbonyl (C=O) groups excluding carboxylic acids is 1. The van der Waals surface area contributed by atoms with Gasteiger partial charge in [-0.05, 0) is 11.6 Å². The monoisotopic (exact) mass is 414 g/mol. The lowest BCUT2D eigenvalue weighted by atomic mass is 10.2. The number of aromatic nitrogens is 3. The molecule has 0 aliphatic heterocycles. The van der Waals surface area contributed by atoms with Gasteiger partial charge in [0.05, 0.1) is 16.3 Å². The number of nitrogens with zero attached hydrogens (tertiary/aromatic N) is 4. The SMILES string of the molecule is CN(Cc1ccccc1)C(=O)CSc1nnc2c(Cl)cc(C(F)(F)F)cn12. The molecular weight excluding hydrogens is 401 g/mol. The van der Waals surface area contributed by atoms with E-state index in [9.17, 15) is 18.0 Å². The third-order valence-electron chi connectivity index (χ3n) is 3.77. The molecule has 3 aromatic rings. The molecule has 0 spiro atoms. The van der Waals surface area contributed by atoms with Gasteiger partial charge in [0, 0.05) is 19.8 Å². The molecule has 0 unspecified atom stereocenters. The molecule has 10 heteroatoms. The predicted octanol–water partition coefficient (Wildman–Crippen LogP) is 4.15. The summed E-state index contributed by atoms with van der Waals surface area (Å²) in [7, 11) is 1.66. The van der Waals surface area contributed by atoms with Crippen LogP contribution in [0.3, 0.4) is 0 Å². The van der Waals surface area contributed by atoms with Gasteiger partial charge < -0.3 is 4.90 Å². The Balaban J connectivity index is 1.73. The first-order valence-electron chi connectivity index (χ1n) is 7.78. The van der Waals surface area contributed by atoms with E-state index in [-0.39, 0.29) is 27.5 Å². The van der Waals surface area contributed by atoms with Gasteiger partial charge >= 0.3 is 6.18 Å². The molecule has 0 aliphatic rings. The van der Waals surface area contributed by atoms with Crippen molar-refractivity contribution in [2.75, 3.05) is 12.8 Å². The van der Waals surface area contributed by atoms with Crippen molar-refractivity contribution in [3.8, 4) is 0 Å². The van der Waals surface area contributed by atoms with Gasteiger partial charge in [-0.3, -0.25) is 9.20 Å². The number of fused-ring (bicyclic) bond motifs is 1. The van der Waals surface area contributed by atoms with Crippen molar-refractivity contribution in [3.63, 3.8) is 0 Å². The van der Waals surface area contributed by atoms with Crippen LogP contribution in [0.15, 0.2) is 47.8 Å². The van der Waals surface area contributed by atoms with Crippen molar-refractivity contribution in [2.45, 2.75) is 17.9 Å². The Morgan fingerprint density at radius 3 is 2.63 bits per heavy atom. The molecule has 0 N–H and O–H groups in total. The second-order valence-corrected chi connectivity index (χ2v) is 7.12. The molecule has 0 saturated heterocycles. The van der Waals surface area contributed by atoms with Crippen molar-refractivity contribution in [1.82, 2.24) is 19.5 Å². The molecule has 0 fully saturated rings. The van der Waals surface area contributed by atoms with Crippen LogP contribution < -0.4 is 0 Å². The number of rotatable bonds is 5. The van der Waals surface area contributed by atoms with E-state index in [4.69, 9.17) is 11.6 Å². The summed E-state index contributed by atoms with van der Waals surface area (Å²) in [6.45, 7) is 0.435. The molecule has 0 atom stereocenters. The maximum absolute atomic E-state index is 13.0. The van der Waals surface area contributed by atoms with Crippen LogP contribution in [0.2, 0.25) is 5.02 Å². The highest BCUT2D eigenvalue weighted by Crippen LogP contribution is 2.33. The van der Waals surface area contributed by atoms with E-state index in [2.05, 4.69) is 10.2 Å². The first kappa shape index (κ1) is 19.5. The maximum atomic E-state index is 13.0. The number of pyridine rings is 1. The van der Waals surface area contributed by atoms with Crippen molar-refractivity contribution >= 4 is 34.9 Å². The van der Waals surface area contributed by atoms with Crippen LogP contribution >= 0.6 is 23.4 Å². The van der Waals surface area contributed by atoms with Crippen LogP contribution in [0.25, 0.3) is 5.65 Å². The van der Waals surface area contributed by atoms with Crippen LogP contribution in [0.1, 0.15) is 11.1 Å². The van der Waals surface area contributed by atoms with Crippen molar-refractivity contribution in [3.05, 3.63) is 58.7 Å². The molecule has 2 heterocycles. The minimum Gasteiger partial charge on any atom is -0.341 e. The average Bonchev–Trinajstić information content (AvgIpc) is 3.03. The molecule has 0 radical (unpaired) electrons. The Hall–Kier alpha value is -2.26. The summed E-state index contributed by atoms with van der Waals surface area (Å²) < 4.78 is 40.1. The Bertz CT molecular complexity index is 962. The number of hydrogen-bond acceptors (Lipinski definition) is 4. The number of alkyl halides is 3. The summed E-state index contributed by atoms with van der Waals surface area (Å²) in [5.74, 6) is -0.170. The van der Waals surface area contributed by atoms with E-state index in [0.717, 1.165) is 34.0 Å². The molecule has 27 heavy (non-hydrogen) atoms. The van der Waals surface area contributed by atoms with Gasteiger partial charge in [-0.25, -0.2) is 0 Å². The van der Waals surface area contributed by atoms with E-state index in [1.54, 1.807) is 11.9 Å². The van der Waals surface area contributed by atoms with Gasteiger partial charge in [-0.1, -0.05) is 53.7 Å². The highest BCUT2D eigenvalue weighted by atomic mass is 35.5. The Morgan fingerprint density at radius 1 is 1.26 bits per heavy atom. The third kappa shape index (κ3) is 4.54. The van der Waals surface area contributed by atoms with Gasteiger partial charge in [0.1, 0.15) is 0 Å². The summed E-state index contributed by atoms with van der Waals surface area (Å²) in [6.07, 6.45) is -3.67. The molecule has 0 aliphatic carbocycles. The highest BCUT2D eigenvalue weighted by molar-refractivity contribution is 7.99. The minimum absolute atomic E-state index is 0.0119. The van der Waals surface area contributed by atoms with Crippen molar-refractivity contribution < 1.29 is 18.0 Å². The highest BCUT2D eigenvalue weighted by Gasteiger charge is 2.32. The Morgan fingerprint density at radius 2 is 1.96 bits per heavy atom. The summed E-state index contributed by atoms with van der Waals surface area (Å²) in [6, 6.07) is 10.3. The maximum Gasteiger partial charge on any atom is 0.417 e. The molecular formula is C17H14ClF3N4OS. The third-order valence-corrected chi connectivity index (χ3v) is 4.97. The number of amides is 1. The van der Waals surface area contributed by atoms with Gasteiger partial charge in [0.2, 0.25) is 5.91 Å². The van der Waals surface area contributed by atoms with Crippen LogP contribution in [-0.4, -0.2) is 38.2 Å². The first-order valence-corrected chi connectivity index (χ1v) is 9.14. The van der Waals surface area contributed by atoms with Crippen LogP contribution in [0.5, 0.6) is 0 Å². The molecule has 2 aromatic heterocycles. The standard InChI is InChI=1S/C17H14ClF3N4OS/c1-24(8-11-5-3-2-4-6-11)14(26)10-27-16-23-22-15-13(18)7-12(9-25(15)16)17(19,20)21/h2-7,9H,8,10H2,1H3. The first-order chi connectivity index (χ1) is 12.8. The summed E-state index contributed by atoms with van der Waals surface area (Å²) >= 11 is 6.88. The molecule has 1 aromatic carbocycles. The van der Waals surface area contributed by atoms with E-state index in [1.165, 1.54) is 0 Å². The second kappa shape index (κ2) is 7.77. The smallest absolute Gasteiger partial charge is 0.341 e. The number of benzene rings is 1. The number of carbonyl (C=O) groups is 1. The van der Waals surface area contributed by atoms with Crippen molar-refractivity contribution in [2.24, 2.45) is 0 Å². The molecule has 1 amide bonds.